The second-order valence-corrected chi connectivity index (χ2v) is 3.55. The lowest BCUT2D eigenvalue weighted by Crippen LogP contribution is -1.95. The summed E-state index contributed by atoms with van der Waals surface area (Å²) >= 11 is 0. The summed E-state index contributed by atoms with van der Waals surface area (Å²) in [6.45, 7) is 3.01. The fourth-order valence-electron chi connectivity index (χ4n) is 1.30. The molecule has 0 aromatic heterocycles. The SMILES string of the molecule is CC1CC1OCc1ccccc1. The van der Waals surface area contributed by atoms with Crippen LogP contribution < -0.4 is 0 Å². The minimum absolute atomic E-state index is 0.533. The molecule has 0 spiro atoms. The Morgan fingerprint density at radius 1 is 1.33 bits per heavy atom. The Morgan fingerprint density at radius 2 is 2.00 bits per heavy atom. The standard InChI is InChI=1S/C11H14O/c1-9-7-11(9)12-8-10-5-3-2-4-6-10/h2-6,9,11H,7-8H2,1H3. The first-order chi connectivity index (χ1) is 5.86. The van der Waals surface area contributed by atoms with E-state index in [9.17, 15) is 0 Å². The van der Waals surface area contributed by atoms with Crippen LogP contribution in [0.5, 0.6) is 0 Å². The van der Waals surface area contributed by atoms with Crippen LogP contribution in [0.25, 0.3) is 0 Å². The fourth-order valence-corrected chi connectivity index (χ4v) is 1.30. The average molecular weight is 162 g/mol. The van der Waals surface area contributed by atoms with Gasteiger partial charge in [0.25, 0.3) is 0 Å². The molecule has 0 bridgehead atoms. The van der Waals surface area contributed by atoms with Gasteiger partial charge < -0.3 is 4.74 Å². The summed E-state index contributed by atoms with van der Waals surface area (Å²) in [6.07, 6.45) is 1.78. The fraction of sp³-hybridized carbons (Fsp3) is 0.455. The molecule has 64 valence electrons. The summed E-state index contributed by atoms with van der Waals surface area (Å²) in [6, 6.07) is 10.3. The molecule has 1 saturated carbocycles. The summed E-state index contributed by atoms with van der Waals surface area (Å²) in [5.41, 5.74) is 1.27. The maximum atomic E-state index is 5.65. The van der Waals surface area contributed by atoms with E-state index in [4.69, 9.17) is 4.74 Å². The number of ether oxygens (including phenoxy) is 1. The maximum absolute atomic E-state index is 5.65. The monoisotopic (exact) mass is 162 g/mol. The third kappa shape index (κ3) is 1.86. The Bertz CT molecular complexity index is 242. The van der Waals surface area contributed by atoms with Crippen molar-refractivity contribution in [3.05, 3.63) is 35.9 Å². The topological polar surface area (TPSA) is 9.23 Å². The highest BCUT2D eigenvalue weighted by Crippen LogP contribution is 2.33. The molecule has 1 aromatic rings. The molecule has 1 nitrogen and oxygen atoms in total. The summed E-state index contributed by atoms with van der Waals surface area (Å²) in [5.74, 6) is 0.786. The van der Waals surface area contributed by atoms with Crippen LogP contribution in [-0.2, 0) is 11.3 Å². The number of hydrogen-bond acceptors (Lipinski definition) is 1. The predicted octanol–water partition coefficient (Wildman–Crippen LogP) is 2.61. The van der Waals surface area contributed by atoms with E-state index >= 15 is 0 Å². The van der Waals surface area contributed by atoms with E-state index in [1.807, 2.05) is 6.07 Å². The zero-order valence-corrected chi connectivity index (χ0v) is 7.36. The summed E-state index contributed by atoms with van der Waals surface area (Å²) in [4.78, 5) is 0. The second kappa shape index (κ2) is 3.28. The van der Waals surface area contributed by atoms with Gasteiger partial charge in [0, 0.05) is 0 Å². The molecule has 2 atom stereocenters. The highest BCUT2D eigenvalue weighted by Gasteiger charge is 2.33. The molecule has 0 radical (unpaired) electrons. The van der Waals surface area contributed by atoms with E-state index in [1.165, 1.54) is 12.0 Å². The van der Waals surface area contributed by atoms with Crippen molar-refractivity contribution in [2.75, 3.05) is 0 Å². The Morgan fingerprint density at radius 3 is 2.58 bits per heavy atom. The molecule has 1 heteroatoms. The number of hydrogen-bond donors (Lipinski definition) is 0. The first-order valence-electron chi connectivity index (χ1n) is 4.52. The van der Waals surface area contributed by atoms with Crippen LogP contribution in [0.3, 0.4) is 0 Å². The van der Waals surface area contributed by atoms with Gasteiger partial charge in [0.1, 0.15) is 0 Å². The van der Waals surface area contributed by atoms with Crippen molar-refractivity contribution in [2.45, 2.75) is 26.1 Å². The average Bonchev–Trinajstić information content (AvgIpc) is 2.81. The molecule has 0 aliphatic heterocycles. The van der Waals surface area contributed by atoms with Gasteiger partial charge in [0.2, 0.25) is 0 Å². The van der Waals surface area contributed by atoms with Gasteiger partial charge in [0.15, 0.2) is 0 Å². The molecule has 2 rings (SSSR count). The number of rotatable bonds is 3. The molecule has 1 fully saturated rings. The van der Waals surface area contributed by atoms with E-state index in [0.29, 0.717) is 6.10 Å². The van der Waals surface area contributed by atoms with Crippen molar-refractivity contribution in [3.63, 3.8) is 0 Å². The zero-order valence-electron chi connectivity index (χ0n) is 7.36. The van der Waals surface area contributed by atoms with Crippen LogP contribution in [-0.4, -0.2) is 6.10 Å². The third-order valence-corrected chi connectivity index (χ3v) is 2.34. The van der Waals surface area contributed by atoms with Gasteiger partial charge in [-0.1, -0.05) is 37.3 Å². The third-order valence-electron chi connectivity index (χ3n) is 2.34. The summed E-state index contributed by atoms with van der Waals surface area (Å²) in [5, 5.41) is 0. The Hall–Kier alpha value is -0.820. The van der Waals surface area contributed by atoms with Gasteiger partial charge in [-0.15, -0.1) is 0 Å². The molecule has 2 unspecified atom stereocenters. The Labute approximate surface area is 73.4 Å². The van der Waals surface area contributed by atoms with E-state index in [2.05, 4.69) is 31.2 Å². The van der Waals surface area contributed by atoms with Crippen LogP contribution in [0.15, 0.2) is 30.3 Å². The maximum Gasteiger partial charge on any atom is 0.0720 e. The molecular formula is C11H14O. The van der Waals surface area contributed by atoms with Gasteiger partial charge in [-0.3, -0.25) is 0 Å². The van der Waals surface area contributed by atoms with E-state index in [-0.39, 0.29) is 0 Å². The van der Waals surface area contributed by atoms with Gasteiger partial charge in [-0.25, -0.2) is 0 Å². The van der Waals surface area contributed by atoms with E-state index < -0.39 is 0 Å². The van der Waals surface area contributed by atoms with Crippen LogP contribution in [0, 0.1) is 5.92 Å². The molecule has 1 aliphatic rings. The molecular weight excluding hydrogens is 148 g/mol. The number of benzene rings is 1. The molecule has 1 aliphatic carbocycles. The summed E-state index contributed by atoms with van der Waals surface area (Å²) in [7, 11) is 0. The van der Waals surface area contributed by atoms with Gasteiger partial charge >= 0.3 is 0 Å². The van der Waals surface area contributed by atoms with Crippen molar-refractivity contribution in [1.29, 1.82) is 0 Å². The predicted molar refractivity (Wildman–Crippen MR) is 48.8 cm³/mol. The van der Waals surface area contributed by atoms with Crippen LogP contribution in [0.4, 0.5) is 0 Å². The summed E-state index contributed by atoms with van der Waals surface area (Å²) < 4.78 is 5.65. The molecule has 1 aromatic carbocycles. The van der Waals surface area contributed by atoms with Crippen molar-refractivity contribution >= 4 is 0 Å². The van der Waals surface area contributed by atoms with Gasteiger partial charge in [0.05, 0.1) is 12.7 Å². The first kappa shape index (κ1) is 7.81. The van der Waals surface area contributed by atoms with Crippen LogP contribution in [0.1, 0.15) is 18.9 Å². The Balaban J connectivity index is 1.80. The molecule has 0 amide bonds. The Kier molecular flexibility index (Phi) is 2.13. The van der Waals surface area contributed by atoms with Crippen molar-refractivity contribution in [3.8, 4) is 0 Å². The molecule has 12 heavy (non-hydrogen) atoms. The lowest BCUT2D eigenvalue weighted by Gasteiger charge is -2.01. The van der Waals surface area contributed by atoms with Crippen molar-refractivity contribution < 1.29 is 4.74 Å². The van der Waals surface area contributed by atoms with E-state index in [1.54, 1.807) is 0 Å². The largest absolute Gasteiger partial charge is 0.373 e. The highest BCUT2D eigenvalue weighted by atomic mass is 16.5. The molecule has 0 saturated heterocycles. The minimum Gasteiger partial charge on any atom is -0.373 e. The molecule has 0 heterocycles. The van der Waals surface area contributed by atoms with Crippen molar-refractivity contribution in [1.82, 2.24) is 0 Å². The zero-order chi connectivity index (χ0) is 8.39. The molecule has 0 N–H and O–H groups in total. The minimum atomic E-state index is 0.533. The normalized spacial score (nSPS) is 27.1. The highest BCUT2D eigenvalue weighted by molar-refractivity contribution is 5.13. The first-order valence-corrected chi connectivity index (χ1v) is 4.52. The quantitative estimate of drug-likeness (QED) is 0.663. The van der Waals surface area contributed by atoms with Gasteiger partial charge in [-0.05, 0) is 17.9 Å². The smallest absolute Gasteiger partial charge is 0.0720 e. The van der Waals surface area contributed by atoms with E-state index in [0.717, 1.165) is 12.5 Å². The van der Waals surface area contributed by atoms with Gasteiger partial charge in [-0.2, -0.15) is 0 Å². The van der Waals surface area contributed by atoms with Crippen molar-refractivity contribution in [2.24, 2.45) is 5.92 Å². The lowest BCUT2D eigenvalue weighted by molar-refractivity contribution is 0.0971. The van der Waals surface area contributed by atoms with Crippen LogP contribution >= 0.6 is 0 Å². The van der Waals surface area contributed by atoms with Crippen LogP contribution in [0.2, 0.25) is 0 Å². The lowest BCUT2D eigenvalue weighted by atomic mass is 10.2. The second-order valence-electron chi connectivity index (χ2n) is 3.55.